The van der Waals surface area contributed by atoms with E-state index < -0.39 is 0 Å². The number of hydrogen-bond donors (Lipinski definition) is 0. The monoisotopic (exact) mass is 636 g/mol. The molecule has 0 spiro atoms. The van der Waals surface area contributed by atoms with Gasteiger partial charge in [-0.15, -0.1) is 0 Å². The molecule has 0 radical (unpaired) electrons. The summed E-state index contributed by atoms with van der Waals surface area (Å²) >= 11 is 0. The number of aromatic nitrogens is 2. The molecule has 0 aliphatic rings. The van der Waals surface area contributed by atoms with Gasteiger partial charge in [-0.25, -0.2) is 0 Å². The predicted molar refractivity (Wildman–Crippen MR) is 210 cm³/mol. The first-order valence-corrected chi connectivity index (χ1v) is 17.0. The zero-order chi connectivity index (χ0) is 33.3. The fraction of sp³-hybridized carbons (Fsp3) is 0. The van der Waals surface area contributed by atoms with Crippen molar-refractivity contribution in [2.75, 3.05) is 0 Å². The van der Waals surface area contributed by atoms with Crippen LogP contribution in [0.1, 0.15) is 0 Å². The van der Waals surface area contributed by atoms with Crippen molar-refractivity contribution < 1.29 is 0 Å². The molecule has 234 valence electrons. The van der Waals surface area contributed by atoms with Crippen LogP contribution in [0.3, 0.4) is 0 Å². The minimum Gasteiger partial charge on any atom is -0.256 e. The van der Waals surface area contributed by atoms with Crippen LogP contribution in [0.2, 0.25) is 0 Å². The molecule has 50 heavy (non-hydrogen) atoms. The van der Waals surface area contributed by atoms with Crippen molar-refractivity contribution in [3.05, 3.63) is 194 Å². The van der Waals surface area contributed by atoms with Gasteiger partial charge >= 0.3 is 0 Å². The first kappa shape index (κ1) is 29.5. The zero-order valence-corrected chi connectivity index (χ0v) is 27.4. The molecule has 2 heteroatoms. The minimum atomic E-state index is 0.971. The van der Waals surface area contributed by atoms with Crippen LogP contribution in [0.4, 0.5) is 0 Å². The van der Waals surface area contributed by atoms with E-state index in [1.807, 2.05) is 24.5 Å². The topological polar surface area (TPSA) is 25.8 Å². The molecule has 2 aromatic heterocycles. The van der Waals surface area contributed by atoms with E-state index in [1.54, 1.807) is 0 Å². The Balaban J connectivity index is 1.26. The summed E-state index contributed by atoms with van der Waals surface area (Å²) in [6.07, 6.45) is 3.99. The molecule has 0 amide bonds. The van der Waals surface area contributed by atoms with Crippen molar-refractivity contribution >= 4 is 21.5 Å². The fourth-order valence-corrected chi connectivity index (χ4v) is 7.11. The molecule has 0 unspecified atom stereocenters. The summed E-state index contributed by atoms with van der Waals surface area (Å²) in [5.41, 5.74) is 13.5. The summed E-state index contributed by atoms with van der Waals surface area (Å²) in [5, 5.41) is 4.87. The van der Waals surface area contributed by atoms with E-state index in [4.69, 9.17) is 9.97 Å². The van der Waals surface area contributed by atoms with Crippen molar-refractivity contribution in [2.24, 2.45) is 0 Å². The summed E-state index contributed by atoms with van der Waals surface area (Å²) in [5.74, 6) is 0. The molecule has 0 bridgehead atoms. The molecule has 7 aromatic carbocycles. The number of pyridine rings is 2. The van der Waals surface area contributed by atoms with Crippen LogP contribution in [-0.4, -0.2) is 9.97 Å². The SMILES string of the molecule is c1ccc(-c2ccc(-c3ccc4c(-c5ccccc5)c5cc(-c6ccc(-c7ccccc7)nc6)ccc5c(-c5ccccc5)c4c3)cn2)cc1. The average Bonchev–Trinajstić information content (AvgIpc) is 3.21. The second kappa shape index (κ2) is 12.8. The molecule has 0 N–H and O–H groups in total. The lowest BCUT2D eigenvalue weighted by Crippen LogP contribution is -1.93. The van der Waals surface area contributed by atoms with Crippen molar-refractivity contribution in [3.63, 3.8) is 0 Å². The number of rotatable bonds is 6. The Bertz CT molecular complexity index is 2390. The van der Waals surface area contributed by atoms with Crippen LogP contribution < -0.4 is 0 Å². The van der Waals surface area contributed by atoms with Gasteiger partial charge in [0.1, 0.15) is 0 Å². The van der Waals surface area contributed by atoms with E-state index >= 15 is 0 Å². The van der Waals surface area contributed by atoms with Gasteiger partial charge in [0.2, 0.25) is 0 Å². The third-order valence-electron chi connectivity index (χ3n) is 9.57. The van der Waals surface area contributed by atoms with Crippen LogP contribution in [0.25, 0.3) is 88.6 Å². The Morgan fingerprint density at radius 3 is 0.920 bits per heavy atom. The first-order chi connectivity index (χ1) is 24.8. The van der Waals surface area contributed by atoms with Crippen molar-refractivity contribution in [2.45, 2.75) is 0 Å². The molecule has 9 aromatic rings. The van der Waals surface area contributed by atoms with Crippen molar-refractivity contribution in [1.29, 1.82) is 0 Å². The molecule has 0 atom stereocenters. The van der Waals surface area contributed by atoms with Crippen molar-refractivity contribution in [3.8, 4) is 67.0 Å². The largest absolute Gasteiger partial charge is 0.256 e. The number of nitrogens with zero attached hydrogens (tertiary/aromatic N) is 2. The lowest BCUT2D eigenvalue weighted by Gasteiger charge is -2.19. The normalized spacial score (nSPS) is 11.2. The van der Waals surface area contributed by atoms with Gasteiger partial charge in [0, 0.05) is 34.6 Å². The standard InChI is InChI=1S/C48H32N2/c1-5-13-33(14-6-1)45-27-23-39(31-49-45)37-21-25-41-43(29-37)47(35-17-9-3-10-18-35)42-26-22-38(30-44(42)48(41)36-19-11-4-12-20-36)40-24-28-46(50-32-40)34-15-7-2-8-16-34/h1-32H. The van der Waals surface area contributed by atoms with Crippen LogP contribution >= 0.6 is 0 Å². The number of hydrogen-bond acceptors (Lipinski definition) is 2. The second-order valence-corrected chi connectivity index (χ2v) is 12.6. The van der Waals surface area contributed by atoms with Gasteiger partial charge in [0.15, 0.2) is 0 Å². The van der Waals surface area contributed by atoms with E-state index in [0.717, 1.165) is 44.8 Å². The van der Waals surface area contributed by atoms with Gasteiger partial charge < -0.3 is 0 Å². The molecular weight excluding hydrogens is 605 g/mol. The van der Waals surface area contributed by atoms with Crippen LogP contribution in [0.5, 0.6) is 0 Å². The molecule has 9 rings (SSSR count). The number of fused-ring (bicyclic) bond motifs is 2. The molecule has 0 aliphatic heterocycles. The van der Waals surface area contributed by atoms with Gasteiger partial charge in [-0.3, -0.25) is 9.97 Å². The van der Waals surface area contributed by atoms with Gasteiger partial charge in [0.25, 0.3) is 0 Å². The Hall–Kier alpha value is -6.64. The fourth-order valence-electron chi connectivity index (χ4n) is 7.11. The summed E-state index contributed by atoms with van der Waals surface area (Å²) in [6, 6.07) is 64.6. The highest BCUT2D eigenvalue weighted by Crippen LogP contribution is 2.46. The van der Waals surface area contributed by atoms with Gasteiger partial charge in [-0.05, 0) is 79.2 Å². The molecule has 0 saturated heterocycles. The Morgan fingerprint density at radius 1 is 0.240 bits per heavy atom. The van der Waals surface area contributed by atoms with E-state index in [0.29, 0.717) is 0 Å². The molecule has 0 fully saturated rings. The lowest BCUT2D eigenvalue weighted by atomic mass is 9.84. The van der Waals surface area contributed by atoms with Gasteiger partial charge in [-0.2, -0.15) is 0 Å². The van der Waals surface area contributed by atoms with E-state index in [-0.39, 0.29) is 0 Å². The smallest absolute Gasteiger partial charge is 0.0702 e. The highest BCUT2D eigenvalue weighted by Gasteiger charge is 2.18. The maximum atomic E-state index is 4.86. The number of benzene rings is 7. The maximum Gasteiger partial charge on any atom is 0.0702 e. The minimum absolute atomic E-state index is 0.971. The second-order valence-electron chi connectivity index (χ2n) is 12.6. The van der Waals surface area contributed by atoms with Gasteiger partial charge in [-0.1, -0.05) is 158 Å². The third-order valence-corrected chi connectivity index (χ3v) is 9.57. The molecule has 0 aliphatic carbocycles. The lowest BCUT2D eigenvalue weighted by molar-refractivity contribution is 1.33. The van der Waals surface area contributed by atoms with E-state index in [2.05, 4.69) is 170 Å². The highest BCUT2D eigenvalue weighted by molar-refractivity contribution is 6.22. The molecular formula is C48H32N2. The van der Waals surface area contributed by atoms with E-state index in [9.17, 15) is 0 Å². The first-order valence-electron chi connectivity index (χ1n) is 17.0. The third kappa shape index (κ3) is 5.43. The average molecular weight is 637 g/mol. The summed E-state index contributed by atoms with van der Waals surface area (Å²) in [7, 11) is 0. The van der Waals surface area contributed by atoms with E-state index in [1.165, 1.54) is 43.8 Å². The van der Waals surface area contributed by atoms with Crippen LogP contribution in [-0.2, 0) is 0 Å². The van der Waals surface area contributed by atoms with Crippen LogP contribution in [0, 0.1) is 0 Å². The quantitative estimate of drug-likeness (QED) is 0.170. The Labute approximate surface area is 292 Å². The summed E-state index contributed by atoms with van der Waals surface area (Å²) in [4.78, 5) is 9.71. The Kier molecular flexibility index (Phi) is 7.53. The molecule has 2 nitrogen and oxygen atoms in total. The van der Waals surface area contributed by atoms with Gasteiger partial charge in [0.05, 0.1) is 11.4 Å². The predicted octanol–water partition coefficient (Wildman–Crippen LogP) is 12.8. The molecule has 2 heterocycles. The van der Waals surface area contributed by atoms with Crippen molar-refractivity contribution in [1.82, 2.24) is 9.97 Å². The molecule has 0 saturated carbocycles. The summed E-state index contributed by atoms with van der Waals surface area (Å²) in [6.45, 7) is 0. The maximum absolute atomic E-state index is 4.86. The Morgan fingerprint density at radius 2 is 0.580 bits per heavy atom. The zero-order valence-electron chi connectivity index (χ0n) is 27.4. The summed E-state index contributed by atoms with van der Waals surface area (Å²) < 4.78 is 0. The highest BCUT2D eigenvalue weighted by atomic mass is 14.7. The van der Waals surface area contributed by atoms with Crippen LogP contribution in [0.15, 0.2) is 194 Å².